The summed E-state index contributed by atoms with van der Waals surface area (Å²) in [4.78, 5) is 22.8. The highest BCUT2D eigenvalue weighted by Gasteiger charge is 2.62. The first-order valence-corrected chi connectivity index (χ1v) is 7.96. The molecular formula is C15H21N5O4. The molecule has 0 bridgehead atoms. The van der Waals surface area contributed by atoms with Crippen LogP contribution >= 0.6 is 0 Å². The van der Waals surface area contributed by atoms with Gasteiger partial charge in [-0.15, -0.1) is 0 Å². The summed E-state index contributed by atoms with van der Waals surface area (Å²) in [7, 11) is 0. The van der Waals surface area contributed by atoms with E-state index in [9.17, 15) is 9.90 Å². The molecule has 24 heavy (non-hydrogen) atoms. The summed E-state index contributed by atoms with van der Waals surface area (Å²) in [6.07, 6.45) is 1.92. The van der Waals surface area contributed by atoms with Gasteiger partial charge in [0.15, 0.2) is 17.0 Å². The summed E-state index contributed by atoms with van der Waals surface area (Å²) in [6, 6.07) is -0.160. The average molecular weight is 335 g/mol. The van der Waals surface area contributed by atoms with E-state index < -0.39 is 11.4 Å². The molecule has 1 aliphatic heterocycles. The number of nitrogens with zero attached hydrogens (tertiary/aromatic N) is 3. The van der Waals surface area contributed by atoms with Gasteiger partial charge in [0, 0.05) is 12.5 Å². The molecule has 9 nitrogen and oxygen atoms in total. The molecular weight excluding hydrogens is 314 g/mol. The fourth-order valence-electron chi connectivity index (χ4n) is 4.16. The number of fused-ring (bicyclic) bond motifs is 2. The molecule has 4 atom stereocenters. The molecule has 0 spiro atoms. The Bertz CT molecular complexity index is 859. The van der Waals surface area contributed by atoms with Crippen molar-refractivity contribution in [2.45, 2.75) is 50.7 Å². The van der Waals surface area contributed by atoms with E-state index >= 15 is 0 Å². The first kappa shape index (κ1) is 15.6. The lowest BCUT2D eigenvalue weighted by Gasteiger charge is -2.29. The molecule has 9 heteroatoms. The van der Waals surface area contributed by atoms with Gasteiger partial charge in [-0.2, -0.15) is 4.98 Å². The predicted molar refractivity (Wildman–Crippen MR) is 85.2 cm³/mol. The normalized spacial score (nSPS) is 34.8. The van der Waals surface area contributed by atoms with Gasteiger partial charge in [0.2, 0.25) is 5.95 Å². The van der Waals surface area contributed by atoms with Gasteiger partial charge in [-0.1, -0.05) is 0 Å². The number of imidazole rings is 1. The maximum absolute atomic E-state index is 12.0. The minimum absolute atomic E-state index is 0.00821. The van der Waals surface area contributed by atoms with Crippen LogP contribution in [0.25, 0.3) is 11.2 Å². The van der Waals surface area contributed by atoms with Crippen molar-refractivity contribution in [3.8, 4) is 0 Å². The molecule has 0 aromatic carbocycles. The van der Waals surface area contributed by atoms with Crippen LogP contribution in [0.5, 0.6) is 0 Å². The van der Waals surface area contributed by atoms with Crippen LogP contribution in [0.15, 0.2) is 11.1 Å². The summed E-state index contributed by atoms with van der Waals surface area (Å²) in [5.41, 5.74) is 5.33. The Morgan fingerprint density at radius 2 is 2.25 bits per heavy atom. The maximum atomic E-state index is 12.0. The first-order valence-electron chi connectivity index (χ1n) is 7.96. The number of ether oxygens (including phenoxy) is 2. The molecule has 2 aromatic rings. The number of aliphatic hydroxyl groups excluding tert-OH is 1. The second kappa shape index (κ2) is 4.78. The van der Waals surface area contributed by atoms with Crippen molar-refractivity contribution < 1.29 is 14.6 Å². The number of H-pyrrole nitrogens is 1. The number of hydrogen-bond donors (Lipinski definition) is 3. The van der Waals surface area contributed by atoms with Gasteiger partial charge in [-0.3, -0.25) is 9.78 Å². The van der Waals surface area contributed by atoms with Crippen molar-refractivity contribution in [3.63, 3.8) is 0 Å². The Balaban J connectivity index is 1.84. The molecule has 4 N–H and O–H groups in total. The van der Waals surface area contributed by atoms with Crippen molar-refractivity contribution in [1.82, 2.24) is 19.5 Å². The largest absolute Gasteiger partial charge is 0.396 e. The molecule has 4 rings (SSSR count). The quantitative estimate of drug-likeness (QED) is 0.713. The Kier molecular flexibility index (Phi) is 3.09. The van der Waals surface area contributed by atoms with Crippen LogP contribution in [-0.4, -0.2) is 48.7 Å². The summed E-state index contributed by atoms with van der Waals surface area (Å²) < 4.78 is 14.1. The standard InChI is InChI=1S/C15H21N5O4/c1-14(2)23-10-8(4-7(5-21)15(10,3)24-14)20-6-17-9-11(20)18-13(16)19-12(9)22/h6-8,10,21H,4-5H2,1-3H3,(H3,16,18,19,22)/t7-,8-,10?,15?/m1/s1. The van der Waals surface area contributed by atoms with Crippen LogP contribution in [0.3, 0.4) is 0 Å². The number of rotatable bonds is 2. The van der Waals surface area contributed by atoms with Gasteiger partial charge in [-0.05, 0) is 27.2 Å². The first-order chi connectivity index (χ1) is 11.2. The number of aromatic amines is 1. The van der Waals surface area contributed by atoms with Gasteiger partial charge in [0.1, 0.15) is 11.7 Å². The molecule has 2 aromatic heterocycles. The van der Waals surface area contributed by atoms with E-state index in [1.807, 2.05) is 25.3 Å². The van der Waals surface area contributed by atoms with E-state index in [0.717, 1.165) is 0 Å². The SMILES string of the molecule is CC1(C)OC2[C@H](n3cnc4c(=O)[nH]c(N)nc43)C[C@H](CO)C2(C)O1. The van der Waals surface area contributed by atoms with Crippen LogP contribution in [0.4, 0.5) is 5.95 Å². The Labute approximate surface area is 137 Å². The molecule has 1 saturated carbocycles. The Hall–Kier alpha value is -1.97. The Morgan fingerprint density at radius 1 is 1.50 bits per heavy atom. The van der Waals surface area contributed by atoms with Gasteiger partial charge >= 0.3 is 0 Å². The van der Waals surface area contributed by atoms with Crippen LogP contribution < -0.4 is 11.3 Å². The van der Waals surface area contributed by atoms with Crippen molar-refractivity contribution >= 4 is 17.1 Å². The second-order valence-electron chi connectivity index (χ2n) is 7.18. The van der Waals surface area contributed by atoms with Crippen LogP contribution in [-0.2, 0) is 9.47 Å². The zero-order valence-electron chi connectivity index (χ0n) is 13.8. The van der Waals surface area contributed by atoms with Crippen molar-refractivity contribution in [2.75, 3.05) is 12.3 Å². The molecule has 2 aliphatic rings. The zero-order chi connectivity index (χ0) is 17.3. The summed E-state index contributed by atoms with van der Waals surface area (Å²) in [5, 5.41) is 9.81. The molecule has 130 valence electrons. The van der Waals surface area contributed by atoms with Gasteiger partial charge in [0.25, 0.3) is 5.56 Å². The third kappa shape index (κ3) is 2.01. The highest BCUT2D eigenvalue weighted by molar-refractivity contribution is 5.70. The van der Waals surface area contributed by atoms with Gasteiger partial charge < -0.3 is 24.9 Å². The lowest BCUT2D eigenvalue weighted by Crippen LogP contribution is -2.41. The van der Waals surface area contributed by atoms with E-state index in [1.165, 1.54) is 0 Å². The highest BCUT2D eigenvalue weighted by Crippen LogP contribution is 2.54. The topological polar surface area (TPSA) is 128 Å². The minimum Gasteiger partial charge on any atom is -0.396 e. The van der Waals surface area contributed by atoms with E-state index in [4.69, 9.17) is 15.2 Å². The molecule has 2 unspecified atom stereocenters. The number of nitrogen functional groups attached to an aromatic ring is 1. The Morgan fingerprint density at radius 3 is 2.96 bits per heavy atom. The van der Waals surface area contributed by atoms with Crippen LogP contribution in [0, 0.1) is 5.92 Å². The predicted octanol–water partition coefficient (Wildman–Crippen LogP) is 0.165. The molecule has 1 saturated heterocycles. The third-order valence-electron chi connectivity index (χ3n) is 5.16. The second-order valence-corrected chi connectivity index (χ2v) is 7.18. The maximum Gasteiger partial charge on any atom is 0.280 e. The highest BCUT2D eigenvalue weighted by atomic mass is 16.8. The monoisotopic (exact) mass is 335 g/mol. The van der Waals surface area contributed by atoms with Gasteiger partial charge in [-0.25, -0.2) is 4.98 Å². The number of hydrogen-bond acceptors (Lipinski definition) is 7. The smallest absolute Gasteiger partial charge is 0.280 e. The number of aromatic nitrogens is 4. The fourth-order valence-corrected chi connectivity index (χ4v) is 4.16. The fraction of sp³-hybridized carbons (Fsp3) is 0.667. The van der Waals surface area contributed by atoms with Gasteiger partial charge in [0.05, 0.1) is 12.4 Å². The number of aliphatic hydroxyl groups is 1. The number of nitrogens with one attached hydrogen (secondary N) is 1. The van der Waals surface area contributed by atoms with Crippen molar-refractivity contribution in [2.24, 2.45) is 5.92 Å². The average Bonchev–Trinajstić information content (AvgIpc) is 3.06. The molecule has 3 heterocycles. The van der Waals surface area contributed by atoms with E-state index in [1.54, 1.807) is 6.33 Å². The summed E-state index contributed by atoms with van der Waals surface area (Å²) in [6.45, 7) is 5.66. The molecule has 2 fully saturated rings. The molecule has 1 aliphatic carbocycles. The zero-order valence-corrected chi connectivity index (χ0v) is 13.8. The minimum atomic E-state index is -0.744. The molecule has 0 radical (unpaired) electrons. The van der Waals surface area contributed by atoms with Crippen LogP contribution in [0.2, 0.25) is 0 Å². The molecule has 0 amide bonds. The van der Waals surface area contributed by atoms with E-state index in [2.05, 4.69) is 15.0 Å². The lowest BCUT2D eigenvalue weighted by atomic mass is 9.92. The van der Waals surface area contributed by atoms with E-state index in [-0.39, 0.29) is 41.7 Å². The number of nitrogens with two attached hydrogens (primary N) is 1. The van der Waals surface area contributed by atoms with Crippen molar-refractivity contribution in [3.05, 3.63) is 16.7 Å². The number of anilines is 1. The van der Waals surface area contributed by atoms with E-state index in [0.29, 0.717) is 12.1 Å². The third-order valence-corrected chi connectivity index (χ3v) is 5.16. The van der Waals surface area contributed by atoms with Crippen LogP contribution in [0.1, 0.15) is 33.2 Å². The lowest BCUT2D eigenvalue weighted by molar-refractivity contribution is -0.178. The summed E-state index contributed by atoms with van der Waals surface area (Å²) in [5.74, 6) is -0.796. The van der Waals surface area contributed by atoms with Crippen molar-refractivity contribution in [1.29, 1.82) is 0 Å². The summed E-state index contributed by atoms with van der Waals surface area (Å²) >= 11 is 0.